The van der Waals surface area contributed by atoms with Crippen LogP contribution in [0.5, 0.6) is 0 Å². The maximum atomic E-state index is 5.47. The highest BCUT2D eigenvalue weighted by atomic mass is 15.2. The second-order valence-corrected chi connectivity index (χ2v) is 5.46. The van der Waals surface area contributed by atoms with Crippen molar-refractivity contribution < 1.29 is 0 Å². The molecule has 102 valence electrons. The van der Waals surface area contributed by atoms with Gasteiger partial charge in [0.15, 0.2) is 0 Å². The van der Waals surface area contributed by atoms with E-state index in [1.165, 1.54) is 24.8 Å². The van der Waals surface area contributed by atoms with Crippen molar-refractivity contribution in [2.45, 2.75) is 51.7 Å². The zero-order valence-electron chi connectivity index (χ0n) is 12.0. The van der Waals surface area contributed by atoms with E-state index < -0.39 is 0 Å². The lowest BCUT2D eigenvalue weighted by Gasteiger charge is -2.39. The number of likely N-dealkylation sites (tertiary alicyclic amines) is 1. The number of piperidine rings is 1. The molecule has 0 aliphatic carbocycles. The Morgan fingerprint density at radius 3 is 2.58 bits per heavy atom. The Morgan fingerprint density at radius 2 is 1.89 bits per heavy atom. The highest BCUT2D eigenvalue weighted by molar-refractivity contribution is 5.41. The first-order valence-electron chi connectivity index (χ1n) is 7.25. The second-order valence-electron chi connectivity index (χ2n) is 5.46. The summed E-state index contributed by atoms with van der Waals surface area (Å²) < 4.78 is 0. The Morgan fingerprint density at radius 1 is 1.21 bits per heavy atom. The molecule has 0 aromatic heterocycles. The molecule has 1 aliphatic heterocycles. The van der Waals surface area contributed by atoms with Crippen LogP contribution in [0.15, 0.2) is 24.3 Å². The van der Waals surface area contributed by atoms with Crippen molar-refractivity contribution in [2.24, 2.45) is 5.73 Å². The molecule has 2 heteroatoms. The summed E-state index contributed by atoms with van der Waals surface area (Å²) in [6, 6.07) is 9.76. The van der Waals surface area contributed by atoms with E-state index in [4.69, 9.17) is 5.73 Å². The third-order valence-corrected chi connectivity index (χ3v) is 4.07. The molecule has 2 nitrogen and oxygen atoms in total. The number of hydrogen-bond donors (Lipinski definition) is 1. The molecule has 1 aliphatic rings. The van der Waals surface area contributed by atoms with Gasteiger partial charge < -0.3 is 5.73 Å². The SMILES string of the molecule is C[C@@H]1CCC[C@H](C)N1Cc1ccccc1C#CCN. The number of rotatable bonds is 2. The molecule has 1 aromatic rings. The zero-order valence-corrected chi connectivity index (χ0v) is 12.0. The quantitative estimate of drug-likeness (QED) is 0.824. The molecule has 0 amide bonds. The molecular weight excluding hydrogens is 232 g/mol. The summed E-state index contributed by atoms with van der Waals surface area (Å²) in [4.78, 5) is 2.60. The van der Waals surface area contributed by atoms with Gasteiger partial charge in [0.2, 0.25) is 0 Å². The summed E-state index contributed by atoms with van der Waals surface area (Å²) in [5, 5.41) is 0. The summed E-state index contributed by atoms with van der Waals surface area (Å²) >= 11 is 0. The standard InChI is InChI=1S/C17H24N2/c1-14-7-5-8-15(2)19(14)13-17-10-4-3-9-16(17)11-6-12-18/h3-4,9-10,14-15H,5,7-8,12-13,18H2,1-2H3/t14-,15+. The van der Waals surface area contributed by atoms with Gasteiger partial charge in [0, 0.05) is 24.2 Å². The lowest BCUT2D eigenvalue weighted by Crippen LogP contribution is -2.43. The predicted molar refractivity (Wildman–Crippen MR) is 80.7 cm³/mol. The van der Waals surface area contributed by atoms with Crippen molar-refractivity contribution in [1.82, 2.24) is 4.90 Å². The number of nitrogens with zero attached hydrogens (tertiary/aromatic N) is 1. The third kappa shape index (κ3) is 3.59. The molecule has 0 radical (unpaired) electrons. The fraction of sp³-hybridized carbons (Fsp3) is 0.529. The van der Waals surface area contributed by atoms with E-state index in [2.05, 4.69) is 48.8 Å². The van der Waals surface area contributed by atoms with E-state index in [-0.39, 0.29) is 0 Å². The van der Waals surface area contributed by atoms with E-state index in [0.29, 0.717) is 18.6 Å². The average molecular weight is 256 g/mol. The first-order valence-corrected chi connectivity index (χ1v) is 7.25. The van der Waals surface area contributed by atoms with E-state index in [1.807, 2.05) is 6.07 Å². The number of nitrogens with two attached hydrogens (primary N) is 1. The van der Waals surface area contributed by atoms with Gasteiger partial charge in [-0.05, 0) is 38.3 Å². The van der Waals surface area contributed by atoms with Gasteiger partial charge in [-0.3, -0.25) is 4.90 Å². The van der Waals surface area contributed by atoms with Crippen LogP contribution in [0.25, 0.3) is 0 Å². The van der Waals surface area contributed by atoms with Gasteiger partial charge in [0.1, 0.15) is 0 Å². The van der Waals surface area contributed by atoms with Crippen LogP contribution in [-0.4, -0.2) is 23.5 Å². The summed E-state index contributed by atoms with van der Waals surface area (Å²) in [5.41, 5.74) is 7.92. The van der Waals surface area contributed by atoms with Gasteiger partial charge in [-0.1, -0.05) is 36.5 Å². The minimum atomic E-state index is 0.421. The molecule has 2 atom stereocenters. The highest BCUT2D eigenvalue weighted by Crippen LogP contribution is 2.25. The molecule has 2 rings (SSSR count). The minimum absolute atomic E-state index is 0.421. The van der Waals surface area contributed by atoms with Gasteiger partial charge in [-0.2, -0.15) is 0 Å². The molecular formula is C17H24N2. The maximum absolute atomic E-state index is 5.47. The van der Waals surface area contributed by atoms with Crippen molar-refractivity contribution in [1.29, 1.82) is 0 Å². The molecule has 2 N–H and O–H groups in total. The molecule has 0 bridgehead atoms. The van der Waals surface area contributed by atoms with Crippen LogP contribution in [0.2, 0.25) is 0 Å². The molecule has 0 unspecified atom stereocenters. The minimum Gasteiger partial charge on any atom is -0.320 e. The lowest BCUT2D eigenvalue weighted by molar-refractivity contribution is 0.0952. The smallest absolute Gasteiger partial charge is 0.0555 e. The predicted octanol–water partition coefficient (Wildman–Crippen LogP) is 2.76. The summed E-state index contributed by atoms with van der Waals surface area (Å²) in [6.07, 6.45) is 3.97. The van der Waals surface area contributed by atoms with Crippen LogP contribution < -0.4 is 5.73 Å². The Balaban J connectivity index is 2.18. The first kappa shape index (κ1) is 14.1. The van der Waals surface area contributed by atoms with Gasteiger partial charge >= 0.3 is 0 Å². The molecule has 1 aromatic carbocycles. The summed E-state index contributed by atoms with van der Waals surface area (Å²) in [7, 11) is 0. The van der Waals surface area contributed by atoms with Gasteiger partial charge in [-0.25, -0.2) is 0 Å². The molecule has 1 saturated heterocycles. The van der Waals surface area contributed by atoms with Crippen molar-refractivity contribution in [3.05, 3.63) is 35.4 Å². The molecule has 19 heavy (non-hydrogen) atoms. The van der Waals surface area contributed by atoms with E-state index in [0.717, 1.165) is 12.1 Å². The molecule has 1 heterocycles. The van der Waals surface area contributed by atoms with Crippen molar-refractivity contribution in [3.63, 3.8) is 0 Å². The van der Waals surface area contributed by atoms with Crippen LogP contribution in [0, 0.1) is 11.8 Å². The van der Waals surface area contributed by atoms with Crippen LogP contribution in [0.4, 0.5) is 0 Å². The zero-order chi connectivity index (χ0) is 13.7. The van der Waals surface area contributed by atoms with Gasteiger partial charge in [-0.15, -0.1) is 0 Å². The van der Waals surface area contributed by atoms with E-state index >= 15 is 0 Å². The van der Waals surface area contributed by atoms with Crippen LogP contribution in [0.1, 0.15) is 44.2 Å². The normalized spacial score (nSPS) is 23.7. The summed E-state index contributed by atoms with van der Waals surface area (Å²) in [5.74, 6) is 6.15. The average Bonchev–Trinajstić information content (AvgIpc) is 2.42. The van der Waals surface area contributed by atoms with E-state index in [1.54, 1.807) is 0 Å². The van der Waals surface area contributed by atoms with Crippen LogP contribution in [0.3, 0.4) is 0 Å². The Hall–Kier alpha value is -1.30. The van der Waals surface area contributed by atoms with Crippen LogP contribution >= 0.6 is 0 Å². The molecule has 1 fully saturated rings. The lowest BCUT2D eigenvalue weighted by atomic mass is 9.96. The van der Waals surface area contributed by atoms with Crippen molar-refractivity contribution in [3.8, 4) is 11.8 Å². The second kappa shape index (κ2) is 6.75. The Labute approximate surface area is 117 Å². The van der Waals surface area contributed by atoms with Gasteiger partial charge in [0.25, 0.3) is 0 Å². The van der Waals surface area contributed by atoms with Crippen molar-refractivity contribution in [2.75, 3.05) is 6.54 Å². The Kier molecular flexibility index (Phi) is 5.01. The number of hydrogen-bond acceptors (Lipinski definition) is 2. The van der Waals surface area contributed by atoms with E-state index in [9.17, 15) is 0 Å². The Bertz CT molecular complexity index is 460. The largest absolute Gasteiger partial charge is 0.320 e. The van der Waals surface area contributed by atoms with Gasteiger partial charge in [0.05, 0.1) is 6.54 Å². The topological polar surface area (TPSA) is 29.3 Å². The maximum Gasteiger partial charge on any atom is 0.0555 e. The first-order chi connectivity index (χ1) is 9.22. The fourth-order valence-corrected chi connectivity index (χ4v) is 2.91. The fourth-order valence-electron chi connectivity index (χ4n) is 2.91. The monoisotopic (exact) mass is 256 g/mol. The third-order valence-electron chi connectivity index (χ3n) is 4.07. The van der Waals surface area contributed by atoms with Crippen molar-refractivity contribution >= 4 is 0 Å². The highest BCUT2D eigenvalue weighted by Gasteiger charge is 2.24. The number of benzene rings is 1. The van der Waals surface area contributed by atoms with Crippen LogP contribution in [-0.2, 0) is 6.54 Å². The molecule has 0 saturated carbocycles. The summed E-state index contributed by atoms with van der Waals surface area (Å²) in [6.45, 7) is 6.09. The molecule has 0 spiro atoms.